The molecule has 0 aliphatic rings. The van der Waals surface area contributed by atoms with Crippen molar-refractivity contribution in [2.45, 2.75) is 19.1 Å². The van der Waals surface area contributed by atoms with Crippen LogP contribution in [-0.2, 0) is 10.0 Å². The Labute approximate surface area is 138 Å². The maximum absolute atomic E-state index is 12.9. The monoisotopic (exact) mass is 318 g/mol. The first kappa shape index (κ1) is 18.7. The van der Waals surface area contributed by atoms with Gasteiger partial charge in [-0.2, -0.15) is 0 Å². The van der Waals surface area contributed by atoms with Gasteiger partial charge in [-0.1, -0.05) is 11.6 Å². The van der Waals surface area contributed by atoms with Crippen molar-refractivity contribution < 1.29 is 17.6 Å². The number of halogens is 2. The number of carbonyl (C=O) groups is 1. The Hall–Kier alpha value is -0.340. The van der Waals surface area contributed by atoms with Crippen LogP contribution in [0.4, 0.5) is 14.9 Å². The molecule has 2 amide bonds. The fraction of sp³-hybridized carbons (Fsp3) is 0.300. The van der Waals surface area contributed by atoms with Crippen molar-refractivity contribution in [3.8, 4) is 0 Å². The molecule has 0 unspecified atom stereocenters. The number of urea groups is 1. The molecule has 0 saturated carbocycles. The van der Waals surface area contributed by atoms with Crippen LogP contribution in [0.5, 0.6) is 0 Å². The predicted octanol–water partition coefficient (Wildman–Crippen LogP) is 1.69. The topological polar surface area (TPSA) is 75.3 Å². The number of rotatable bonds is 3. The van der Waals surface area contributed by atoms with E-state index in [1.807, 2.05) is 4.72 Å². The van der Waals surface area contributed by atoms with E-state index in [2.05, 4.69) is 5.32 Å². The molecule has 0 fully saturated rings. The fourth-order valence-electron chi connectivity index (χ4n) is 0.978. The summed E-state index contributed by atoms with van der Waals surface area (Å²) in [5, 5.41) is 1.34. The second-order valence-corrected chi connectivity index (χ2v) is 6.42. The zero-order chi connectivity index (χ0) is 13.9. The second kappa shape index (κ2) is 7.44. The first-order valence-corrected chi connectivity index (χ1v) is 6.92. The summed E-state index contributed by atoms with van der Waals surface area (Å²) < 4.78 is 37.5. The van der Waals surface area contributed by atoms with Gasteiger partial charge in [-0.25, -0.2) is 22.3 Å². The van der Waals surface area contributed by atoms with E-state index in [1.54, 1.807) is 0 Å². The molecule has 0 aliphatic carbocycles. The van der Waals surface area contributed by atoms with Crippen LogP contribution in [0.2, 0.25) is 5.02 Å². The van der Waals surface area contributed by atoms with Crippen molar-refractivity contribution in [3.63, 3.8) is 0 Å². The standard InChI is InChI=1S/C10H12ClFN2O3S.Na.H/c1-6(2)18(16,17)14-10(15)13-7-3-4-9(12)8(11)5-7;;/h3-6H,1-2H3,(H2,13,14,15);;. The Morgan fingerprint density at radius 2 is 1.95 bits per heavy atom. The molecule has 9 heteroatoms. The van der Waals surface area contributed by atoms with E-state index in [9.17, 15) is 17.6 Å². The number of sulfonamides is 1. The molecule has 0 bridgehead atoms. The van der Waals surface area contributed by atoms with Crippen molar-refractivity contribution in [1.29, 1.82) is 0 Å². The molecule has 2 N–H and O–H groups in total. The number of carbonyl (C=O) groups excluding carboxylic acids is 1. The quantitative estimate of drug-likeness (QED) is 0.833. The average molecular weight is 319 g/mol. The Kier molecular flexibility index (Phi) is 7.31. The van der Waals surface area contributed by atoms with Gasteiger partial charge in [0.25, 0.3) is 0 Å². The summed E-state index contributed by atoms with van der Waals surface area (Å²) in [6.45, 7) is 2.87. The molecule has 0 spiro atoms. The SMILES string of the molecule is CC(C)S(=O)(=O)NC(=O)Nc1ccc(F)c(Cl)c1.[NaH]. The number of benzene rings is 1. The van der Waals surface area contributed by atoms with E-state index < -0.39 is 27.1 Å². The fourth-order valence-corrected chi connectivity index (χ4v) is 1.70. The molecule has 0 atom stereocenters. The molecule has 1 aromatic carbocycles. The van der Waals surface area contributed by atoms with Crippen molar-refractivity contribution in [1.82, 2.24) is 4.72 Å². The normalized spacial score (nSPS) is 10.8. The van der Waals surface area contributed by atoms with Crippen LogP contribution in [-0.4, -0.2) is 49.3 Å². The molecule has 0 radical (unpaired) electrons. The molecular weight excluding hydrogens is 306 g/mol. The van der Waals surface area contributed by atoms with Crippen LogP contribution in [0.1, 0.15) is 13.8 Å². The Balaban J connectivity index is 0.00000324. The van der Waals surface area contributed by atoms with E-state index >= 15 is 0 Å². The van der Waals surface area contributed by atoms with Crippen LogP contribution in [0.25, 0.3) is 0 Å². The van der Waals surface area contributed by atoms with E-state index in [1.165, 1.54) is 26.0 Å². The van der Waals surface area contributed by atoms with Crippen LogP contribution in [0.3, 0.4) is 0 Å². The van der Waals surface area contributed by atoms with Crippen molar-refractivity contribution in [2.75, 3.05) is 5.32 Å². The molecule has 0 aromatic heterocycles. The van der Waals surface area contributed by atoms with Gasteiger partial charge in [0.1, 0.15) is 5.82 Å². The first-order valence-electron chi connectivity index (χ1n) is 5.00. The minimum atomic E-state index is -3.70. The van der Waals surface area contributed by atoms with Gasteiger partial charge in [0, 0.05) is 5.69 Å². The number of hydrogen-bond acceptors (Lipinski definition) is 3. The van der Waals surface area contributed by atoms with Gasteiger partial charge >= 0.3 is 35.6 Å². The third kappa shape index (κ3) is 5.66. The van der Waals surface area contributed by atoms with Gasteiger partial charge in [0.05, 0.1) is 10.3 Å². The van der Waals surface area contributed by atoms with E-state index in [0.717, 1.165) is 6.07 Å². The molecule has 0 aliphatic heterocycles. The Morgan fingerprint density at radius 1 is 1.37 bits per heavy atom. The van der Waals surface area contributed by atoms with E-state index in [-0.39, 0.29) is 40.3 Å². The van der Waals surface area contributed by atoms with Gasteiger partial charge in [-0.05, 0) is 32.0 Å². The molecule has 0 heterocycles. The van der Waals surface area contributed by atoms with Gasteiger partial charge in [-0.3, -0.25) is 0 Å². The molecule has 5 nitrogen and oxygen atoms in total. The number of hydrogen-bond donors (Lipinski definition) is 2. The summed E-state index contributed by atoms with van der Waals surface area (Å²) >= 11 is 5.52. The molecule has 1 rings (SSSR count). The third-order valence-electron chi connectivity index (χ3n) is 2.03. The molecule has 1 aromatic rings. The number of nitrogens with one attached hydrogen (secondary N) is 2. The second-order valence-electron chi connectivity index (χ2n) is 3.78. The average Bonchev–Trinajstić information content (AvgIpc) is 2.22. The maximum atomic E-state index is 12.9. The Bertz CT molecular complexity index is 566. The zero-order valence-electron chi connectivity index (χ0n) is 9.70. The predicted molar refractivity (Wildman–Crippen MR) is 74.8 cm³/mol. The van der Waals surface area contributed by atoms with Crippen molar-refractivity contribution in [2.24, 2.45) is 0 Å². The zero-order valence-corrected chi connectivity index (χ0v) is 11.3. The van der Waals surface area contributed by atoms with Gasteiger partial charge in [0.15, 0.2) is 0 Å². The first-order chi connectivity index (χ1) is 8.22. The van der Waals surface area contributed by atoms with Crippen molar-refractivity contribution in [3.05, 3.63) is 29.0 Å². The Morgan fingerprint density at radius 3 is 2.42 bits per heavy atom. The molecule has 102 valence electrons. The van der Waals surface area contributed by atoms with Gasteiger partial charge in [0.2, 0.25) is 10.0 Å². The van der Waals surface area contributed by atoms with E-state index in [4.69, 9.17) is 11.6 Å². The van der Waals surface area contributed by atoms with E-state index in [0.29, 0.717) is 0 Å². The summed E-state index contributed by atoms with van der Waals surface area (Å²) in [5.41, 5.74) is 0.192. The van der Waals surface area contributed by atoms with Crippen molar-refractivity contribution >= 4 is 62.9 Å². The summed E-state index contributed by atoms with van der Waals surface area (Å²) in [6.07, 6.45) is 0. The summed E-state index contributed by atoms with van der Waals surface area (Å²) in [6, 6.07) is 2.59. The molecular formula is C10H13ClFN2NaO3S. The number of anilines is 1. The van der Waals surface area contributed by atoms with Gasteiger partial charge < -0.3 is 5.32 Å². The van der Waals surface area contributed by atoms with Crippen LogP contribution in [0.15, 0.2) is 18.2 Å². The van der Waals surface area contributed by atoms with Crippen LogP contribution >= 0.6 is 11.6 Å². The van der Waals surface area contributed by atoms with Crippen LogP contribution in [0, 0.1) is 5.82 Å². The summed E-state index contributed by atoms with van der Waals surface area (Å²) in [7, 11) is -3.70. The summed E-state index contributed by atoms with van der Waals surface area (Å²) in [5.74, 6) is -0.627. The molecule has 19 heavy (non-hydrogen) atoms. The van der Waals surface area contributed by atoms with Gasteiger partial charge in [-0.15, -0.1) is 0 Å². The summed E-state index contributed by atoms with van der Waals surface area (Å²) in [4.78, 5) is 11.4. The third-order valence-corrected chi connectivity index (χ3v) is 4.03. The van der Waals surface area contributed by atoms with Crippen LogP contribution < -0.4 is 10.0 Å². The molecule has 0 saturated heterocycles. The number of amides is 2. The minimum absolute atomic E-state index is 0.